The molecule has 1 aromatic heterocycles. The highest BCUT2D eigenvalue weighted by atomic mass is 35.5. The number of carbonyl (C=O) groups excluding carboxylic acids is 1. The Balaban J connectivity index is 2.08. The summed E-state index contributed by atoms with van der Waals surface area (Å²) >= 11 is 5.83. The summed E-state index contributed by atoms with van der Waals surface area (Å²) in [5, 5.41) is 3.65. The van der Waals surface area contributed by atoms with Crippen LogP contribution in [0.5, 0.6) is 0 Å². The fraction of sp³-hybridized carbons (Fsp3) is 0.214. The van der Waals surface area contributed by atoms with Crippen LogP contribution >= 0.6 is 11.6 Å². The van der Waals surface area contributed by atoms with Crippen LogP contribution in [0.1, 0.15) is 29.0 Å². The van der Waals surface area contributed by atoms with E-state index in [2.05, 4.69) is 5.32 Å². The number of benzene rings is 1. The zero-order valence-electron chi connectivity index (χ0n) is 10.4. The lowest BCUT2D eigenvalue weighted by molar-refractivity contribution is 0.0931. The molecule has 0 saturated heterocycles. The average Bonchev–Trinajstić information content (AvgIpc) is 2.76. The van der Waals surface area contributed by atoms with Gasteiger partial charge < -0.3 is 9.88 Å². The second kappa shape index (κ2) is 5.27. The maximum absolute atomic E-state index is 12.0. The molecule has 0 bridgehead atoms. The van der Waals surface area contributed by atoms with Gasteiger partial charge in [0.15, 0.2) is 0 Å². The van der Waals surface area contributed by atoms with Gasteiger partial charge in [-0.1, -0.05) is 23.7 Å². The van der Waals surface area contributed by atoms with Gasteiger partial charge in [-0.3, -0.25) is 4.79 Å². The van der Waals surface area contributed by atoms with Crippen molar-refractivity contribution in [2.24, 2.45) is 7.05 Å². The molecule has 1 N–H and O–H groups in total. The molecule has 0 radical (unpaired) electrons. The van der Waals surface area contributed by atoms with Gasteiger partial charge in [0.2, 0.25) is 0 Å². The minimum atomic E-state index is -0.0787. The topological polar surface area (TPSA) is 34.0 Å². The summed E-state index contributed by atoms with van der Waals surface area (Å²) in [4.78, 5) is 12.0. The Morgan fingerprint density at radius 3 is 2.50 bits per heavy atom. The van der Waals surface area contributed by atoms with Crippen molar-refractivity contribution in [3.8, 4) is 0 Å². The van der Waals surface area contributed by atoms with Crippen molar-refractivity contribution in [2.75, 3.05) is 0 Å². The number of hydrogen-bond donors (Lipinski definition) is 1. The van der Waals surface area contributed by atoms with Crippen molar-refractivity contribution >= 4 is 17.5 Å². The Labute approximate surface area is 111 Å². The Morgan fingerprint density at radius 2 is 1.94 bits per heavy atom. The van der Waals surface area contributed by atoms with Crippen molar-refractivity contribution in [1.82, 2.24) is 9.88 Å². The Bertz CT molecular complexity index is 545. The van der Waals surface area contributed by atoms with E-state index in [4.69, 9.17) is 11.6 Å². The predicted octanol–water partition coefficient (Wildman–Crippen LogP) is 3.17. The summed E-state index contributed by atoms with van der Waals surface area (Å²) in [6.45, 7) is 1.95. The van der Waals surface area contributed by atoms with Crippen LogP contribution in [0.4, 0.5) is 0 Å². The van der Waals surface area contributed by atoms with E-state index < -0.39 is 0 Å². The van der Waals surface area contributed by atoms with E-state index >= 15 is 0 Å². The van der Waals surface area contributed by atoms with E-state index in [1.807, 2.05) is 50.5 Å². The first-order valence-electron chi connectivity index (χ1n) is 5.75. The van der Waals surface area contributed by atoms with E-state index in [0.29, 0.717) is 10.7 Å². The zero-order valence-corrected chi connectivity index (χ0v) is 11.1. The summed E-state index contributed by atoms with van der Waals surface area (Å²) < 4.78 is 1.80. The van der Waals surface area contributed by atoms with Gasteiger partial charge in [-0.25, -0.2) is 0 Å². The number of rotatable bonds is 3. The van der Waals surface area contributed by atoms with Crippen LogP contribution in [-0.2, 0) is 7.05 Å². The minimum absolute atomic E-state index is 0.0512. The highest BCUT2D eigenvalue weighted by molar-refractivity contribution is 6.30. The lowest BCUT2D eigenvalue weighted by Crippen LogP contribution is -2.28. The maximum atomic E-state index is 12.0. The molecule has 94 valence electrons. The number of carbonyl (C=O) groups is 1. The third-order valence-electron chi connectivity index (χ3n) is 2.89. The molecule has 0 aliphatic carbocycles. The van der Waals surface area contributed by atoms with Crippen molar-refractivity contribution in [2.45, 2.75) is 13.0 Å². The summed E-state index contributed by atoms with van der Waals surface area (Å²) in [5.41, 5.74) is 1.68. The maximum Gasteiger partial charge on any atom is 0.268 e. The van der Waals surface area contributed by atoms with Gasteiger partial charge in [0, 0.05) is 18.3 Å². The predicted molar refractivity (Wildman–Crippen MR) is 72.7 cm³/mol. The highest BCUT2D eigenvalue weighted by Crippen LogP contribution is 2.16. The molecule has 0 spiro atoms. The molecule has 0 fully saturated rings. The van der Waals surface area contributed by atoms with E-state index in [1.54, 1.807) is 10.6 Å². The van der Waals surface area contributed by atoms with E-state index in [9.17, 15) is 4.79 Å². The lowest BCUT2D eigenvalue weighted by atomic mass is 10.1. The molecule has 1 amide bonds. The lowest BCUT2D eigenvalue weighted by Gasteiger charge is -2.14. The van der Waals surface area contributed by atoms with Crippen LogP contribution in [0.25, 0.3) is 0 Å². The molecule has 2 aromatic rings. The van der Waals surface area contributed by atoms with Gasteiger partial charge in [-0.2, -0.15) is 0 Å². The third-order valence-corrected chi connectivity index (χ3v) is 3.15. The quantitative estimate of drug-likeness (QED) is 0.906. The van der Waals surface area contributed by atoms with E-state index in [0.717, 1.165) is 5.56 Å². The molecule has 18 heavy (non-hydrogen) atoms. The largest absolute Gasteiger partial charge is 0.347 e. The molecule has 1 aromatic carbocycles. The fourth-order valence-corrected chi connectivity index (χ4v) is 1.93. The van der Waals surface area contributed by atoms with Crippen LogP contribution in [-0.4, -0.2) is 10.5 Å². The first-order chi connectivity index (χ1) is 8.58. The molecule has 1 unspecified atom stereocenters. The monoisotopic (exact) mass is 262 g/mol. The van der Waals surface area contributed by atoms with Crippen LogP contribution in [0.2, 0.25) is 5.02 Å². The smallest absolute Gasteiger partial charge is 0.268 e. The Morgan fingerprint density at radius 1 is 1.28 bits per heavy atom. The first-order valence-corrected chi connectivity index (χ1v) is 6.13. The molecule has 0 aliphatic rings. The van der Waals surface area contributed by atoms with Gasteiger partial charge in [-0.15, -0.1) is 0 Å². The van der Waals surface area contributed by atoms with Crippen LogP contribution in [0.3, 0.4) is 0 Å². The molecule has 2 rings (SSSR count). The molecule has 1 atom stereocenters. The van der Waals surface area contributed by atoms with Crippen molar-refractivity contribution < 1.29 is 4.79 Å². The molecule has 1 heterocycles. The van der Waals surface area contributed by atoms with E-state index in [-0.39, 0.29) is 11.9 Å². The number of aromatic nitrogens is 1. The average molecular weight is 263 g/mol. The first kappa shape index (κ1) is 12.7. The van der Waals surface area contributed by atoms with Gasteiger partial charge in [0.25, 0.3) is 5.91 Å². The van der Waals surface area contributed by atoms with Crippen molar-refractivity contribution in [3.63, 3.8) is 0 Å². The van der Waals surface area contributed by atoms with Crippen molar-refractivity contribution in [1.29, 1.82) is 0 Å². The summed E-state index contributed by atoms with van der Waals surface area (Å²) in [5.74, 6) is -0.0787. The summed E-state index contributed by atoms with van der Waals surface area (Å²) in [7, 11) is 1.85. The minimum Gasteiger partial charge on any atom is -0.347 e. The number of hydrogen-bond acceptors (Lipinski definition) is 1. The van der Waals surface area contributed by atoms with Crippen LogP contribution in [0.15, 0.2) is 42.6 Å². The molecule has 3 nitrogen and oxygen atoms in total. The molecule has 0 aliphatic heterocycles. The standard InChI is InChI=1S/C14H15ClN2O/c1-10(11-5-7-12(15)8-6-11)16-14(18)13-4-3-9-17(13)2/h3-10H,1-2H3,(H,16,18). The molecular formula is C14H15ClN2O. The molecular weight excluding hydrogens is 248 g/mol. The summed E-state index contributed by atoms with van der Waals surface area (Å²) in [6, 6.07) is 11.1. The van der Waals surface area contributed by atoms with Crippen molar-refractivity contribution in [3.05, 3.63) is 58.9 Å². The Kier molecular flexibility index (Phi) is 3.72. The van der Waals surface area contributed by atoms with Gasteiger partial charge >= 0.3 is 0 Å². The second-order valence-electron chi connectivity index (χ2n) is 4.25. The number of aryl methyl sites for hydroxylation is 1. The number of nitrogens with one attached hydrogen (secondary N) is 1. The number of amides is 1. The molecule has 0 saturated carbocycles. The second-order valence-corrected chi connectivity index (χ2v) is 4.69. The van der Waals surface area contributed by atoms with Gasteiger partial charge in [0.05, 0.1) is 6.04 Å². The fourth-order valence-electron chi connectivity index (χ4n) is 1.80. The highest BCUT2D eigenvalue weighted by Gasteiger charge is 2.13. The van der Waals surface area contributed by atoms with Gasteiger partial charge in [0.1, 0.15) is 5.69 Å². The Hall–Kier alpha value is -1.74. The number of halogens is 1. The number of nitrogens with zero attached hydrogens (tertiary/aromatic N) is 1. The van der Waals surface area contributed by atoms with Crippen LogP contribution in [0, 0.1) is 0 Å². The molecule has 4 heteroatoms. The zero-order chi connectivity index (χ0) is 13.1. The SMILES string of the molecule is CC(NC(=O)c1cccn1C)c1ccc(Cl)cc1. The van der Waals surface area contributed by atoms with Crippen LogP contribution < -0.4 is 5.32 Å². The normalized spacial score (nSPS) is 12.2. The summed E-state index contributed by atoms with van der Waals surface area (Å²) in [6.07, 6.45) is 1.85. The third kappa shape index (κ3) is 2.74. The van der Waals surface area contributed by atoms with E-state index in [1.165, 1.54) is 0 Å². The van der Waals surface area contributed by atoms with Gasteiger partial charge in [-0.05, 0) is 36.8 Å².